The van der Waals surface area contributed by atoms with E-state index in [1.807, 2.05) is 48.5 Å². The molecule has 0 aliphatic heterocycles. The molecule has 3 aliphatic rings. The second kappa shape index (κ2) is 10.3. The Balaban J connectivity index is 1.22. The molecule has 2 atom stereocenters. The number of aromatic nitrogens is 1. The van der Waals surface area contributed by atoms with Crippen molar-refractivity contribution in [2.75, 3.05) is 5.32 Å². The molecule has 1 amide bonds. The number of carbonyl (C=O) groups is 1. The number of benzene rings is 2. The van der Waals surface area contributed by atoms with Gasteiger partial charge < -0.3 is 15.8 Å². The van der Waals surface area contributed by atoms with Crippen LogP contribution in [-0.4, -0.2) is 16.9 Å². The average Bonchev–Trinajstić information content (AvgIpc) is 3.87. The van der Waals surface area contributed by atoms with Crippen molar-refractivity contribution in [2.45, 2.75) is 63.3 Å². The molecule has 3 aliphatic carbocycles. The maximum atomic E-state index is 13.6. The molecule has 2 aromatic carbocycles. The van der Waals surface area contributed by atoms with Gasteiger partial charge in [-0.25, -0.2) is 4.98 Å². The molecule has 1 aromatic heterocycles. The van der Waals surface area contributed by atoms with E-state index in [2.05, 4.69) is 10.3 Å². The summed E-state index contributed by atoms with van der Waals surface area (Å²) in [6.45, 7) is 0.208. The van der Waals surface area contributed by atoms with Crippen molar-refractivity contribution in [1.82, 2.24) is 4.98 Å². The third-order valence-corrected chi connectivity index (χ3v) is 8.34. The summed E-state index contributed by atoms with van der Waals surface area (Å²) in [5, 5.41) is 3.00. The zero-order chi connectivity index (χ0) is 27.1. The quantitative estimate of drug-likeness (QED) is 0.330. The first-order valence-electron chi connectivity index (χ1n) is 13.7. The van der Waals surface area contributed by atoms with E-state index in [1.54, 1.807) is 0 Å². The number of nitrogens with zero attached hydrogens (tertiary/aromatic N) is 1. The average molecular weight is 536 g/mol. The van der Waals surface area contributed by atoms with Crippen LogP contribution in [0.2, 0.25) is 0 Å². The zero-order valence-corrected chi connectivity index (χ0v) is 21.6. The zero-order valence-electron chi connectivity index (χ0n) is 21.6. The van der Waals surface area contributed by atoms with Crippen LogP contribution in [0.4, 0.5) is 18.9 Å². The summed E-state index contributed by atoms with van der Waals surface area (Å²) in [6.07, 6.45) is 2.26. The van der Waals surface area contributed by atoms with Crippen molar-refractivity contribution in [3.8, 4) is 5.88 Å². The van der Waals surface area contributed by atoms with Crippen molar-refractivity contribution in [3.63, 3.8) is 0 Å². The van der Waals surface area contributed by atoms with E-state index >= 15 is 0 Å². The fraction of sp³-hybridized carbons (Fsp3) is 0.419. The van der Waals surface area contributed by atoms with Crippen LogP contribution >= 0.6 is 0 Å². The predicted octanol–water partition coefficient (Wildman–Crippen LogP) is 6.46. The second-order valence-electron chi connectivity index (χ2n) is 11.2. The summed E-state index contributed by atoms with van der Waals surface area (Å²) in [5.41, 5.74) is 9.54. The van der Waals surface area contributed by atoms with Crippen LogP contribution in [-0.2, 0) is 24.0 Å². The van der Waals surface area contributed by atoms with Crippen LogP contribution in [0.5, 0.6) is 5.88 Å². The molecule has 0 bridgehead atoms. The molecule has 3 N–H and O–H groups in total. The smallest absolute Gasteiger partial charge is 0.417 e. The summed E-state index contributed by atoms with van der Waals surface area (Å²) < 4.78 is 46.8. The molecule has 2 saturated carbocycles. The molecule has 1 heterocycles. The number of ether oxygens (including phenoxy) is 1. The number of anilines is 1. The lowest BCUT2D eigenvalue weighted by Crippen LogP contribution is -2.43. The van der Waals surface area contributed by atoms with Gasteiger partial charge in [0.05, 0.1) is 11.6 Å². The van der Waals surface area contributed by atoms with Gasteiger partial charge in [-0.05, 0) is 91.2 Å². The van der Waals surface area contributed by atoms with E-state index in [0.29, 0.717) is 35.9 Å². The highest BCUT2D eigenvalue weighted by molar-refractivity contribution is 5.95. The highest BCUT2D eigenvalue weighted by atomic mass is 19.4. The maximum Gasteiger partial charge on any atom is 0.417 e. The number of nitrogens with one attached hydrogen (secondary N) is 1. The van der Waals surface area contributed by atoms with Crippen LogP contribution in [0, 0.1) is 17.8 Å². The Morgan fingerprint density at radius 2 is 1.72 bits per heavy atom. The first kappa shape index (κ1) is 25.9. The summed E-state index contributed by atoms with van der Waals surface area (Å²) >= 11 is 0. The molecule has 6 rings (SSSR count). The van der Waals surface area contributed by atoms with Gasteiger partial charge in [0.1, 0.15) is 6.61 Å². The number of rotatable bonds is 9. The molecule has 0 saturated heterocycles. The van der Waals surface area contributed by atoms with Gasteiger partial charge in [0.2, 0.25) is 11.8 Å². The van der Waals surface area contributed by atoms with Gasteiger partial charge in [-0.15, -0.1) is 0 Å². The third kappa shape index (κ3) is 5.66. The Kier molecular flexibility index (Phi) is 6.83. The Labute approximate surface area is 226 Å². The first-order valence-corrected chi connectivity index (χ1v) is 13.7. The Bertz CT molecular complexity index is 1340. The van der Waals surface area contributed by atoms with E-state index < -0.39 is 17.8 Å². The molecule has 2 fully saturated rings. The molecule has 8 heteroatoms. The lowest BCUT2D eigenvalue weighted by atomic mass is 9.89. The van der Waals surface area contributed by atoms with Crippen molar-refractivity contribution >= 4 is 11.6 Å². The van der Waals surface area contributed by atoms with E-state index in [4.69, 9.17) is 10.5 Å². The molecular formula is C31H32F3N3O2. The fourth-order valence-corrected chi connectivity index (χ4v) is 6.07. The molecule has 204 valence electrons. The minimum absolute atomic E-state index is 0.160. The second-order valence-corrected chi connectivity index (χ2v) is 11.2. The third-order valence-electron chi connectivity index (χ3n) is 8.34. The van der Waals surface area contributed by atoms with Gasteiger partial charge in [-0.1, -0.05) is 36.4 Å². The largest absolute Gasteiger partial charge is 0.473 e. The van der Waals surface area contributed by atoms with E-state index in [0.717, 1.165) is 54.6 Å². The molecule has 0 spiro atoms. The van der Waals surface area contributed by atoms with Crippen molar-refractivity contribution in [3.05, 3.63) is 88.6 Å². The number of pyridine rings is 1. The number of alkyl halides is 3. The minimum Gasteiger partial charge on any atom is -0.473 e. The Hall–Kier alpha value is -3.39. The standard InChI is InChI=1S/C31H32F3N3O2/c32-31(33,34)22-15-26(30(36-16-22)39-17-18-4-2-1-3-5-18)25-12-10-21-14-23(11-13-24(21)25)37-29(38)28(35)27(19-6-7-19)20-8-9-20/h1-5,11,13-16,19-20,25,27-28H,6-10,12,17,35H2,(H,37,38)/t25?,28-/m0/s1. The van der Waals surface area contributed by atoms with Gasteiger partial charge in [0, 0.05) is 23.4 Å². The number of amides is 1. The topological polar surface area (TPSA) is 77.2 Å². The SMILES string of the molecule is N[C@H](C(=O)Nc1ccc2c(c1)CCC2c1cc(C(F)(F)F)cnc1OCc1ccccc1)C(C1CC1)C1CC1. The van der Waals surface area contributed by atoms with Crippen LogP contribution in [0.3, 0.4) is 0 Å². The Morgan fingerprint density at radius 3 is 2.38 bits per heavy atom. The predicted molar refractivity (Wildman–Crippen MR) is 142 cm³/mol. The van der Waals surface area contributed by atoms with Gasteiger partial charge in [0.25, 0.3) is 0 Å². The van der Waals surface area contributed by atoms with E-state index in [1.165, 1.54) is 0 Å². The van der Waals surface area contributed by atoms with Gasteiger partial charge in [-0.3, -0.25) is 4.79 Å². The van der Waals surface area contributed by atoms with Gasteiger partial charge in [-0.2, -0.15) is 13.2 Å². The summed E-state index contributed by atoms with van der Waals surface area (Å²) in [5.74, 6) is 1.15. The minimum atomic E-state index is -4.51. The van der Waals surface area contributed by atoms with Crippen molar-refractivity contribution in [2.24, 2.45) is 23.5 Å². The number of hydrogen-bond acceptors (Lipinski definition) is 4. The van der Waals surface area contributed by atoms with Gasteiger partial charge >= 0.3 is 6.18 Å². The van der Waals surface area contributed by atoms with Crippen molar-refractivity contribution < 1.29 is 22.7 Å². The summed E-state index contributed by atoms with van der Waals surface area (Å²) in [6, 6.07) is 15.7. The highest BCUT2D eigenvalue weighted by Crippen LogP contribution is 2.50. The lowest BCUT2D eigenvalue weighted by Gasteiger charge is -2.23. The number of fused-ring (bicyclic) bond motifs is 1. The molecule has 0 radical (unpaired) electrons. The maximum absolute atomic E-state index is 13.6. The monoisotopic (exact) mass is 535 g/mol. The first-order chi connectivity index (χ1) is 18.8. The molecular weight excluding hydrogens is 503 g/mol. The van der Waals surface area contributed by atoms with Crippen LogP contribution < -0.4 is 15.8 Å². The van der Waals surface area contributed by atoms with Crippen LogP contribution in [0.1, 0.15) is 65.8 Å². The normalized spacial score (nSPS) is 19.6. The number of carbonyl (C=O) groups excluding carboxylic acids is 1. The lowest BCUT2D eigenvalue weighted by molar-refractivity contribution is -0.138. The number of aryl methyl sites for hydroxylation is 1. The van der Waals surface area contributed by atoms with Crippen LogP contribution in [0.15, 0.2) is 60.8 Å². The number of hydrogen-bond donors (Lipinski definition) is 2. The highest BCUT2D eigenvalue weighted by Gasteiger charge is 2.46. The van der Waals surface area contributed by atoms with E-state index in [9.17, 15) is 18.0 Å². The van der Waals surface area contributed by atoms with Gasteiger partial charge in [0.15, 0.2) is 0 Å². The molecule has 39 heavy (non-hydrogen) atoms. The Morgan fingerprint density at radius 1 is 1.00 bits per heavy atom. The number of halogens is 3. The number of nitrogens with two attached hydrogens (primary N) is 1. The molecule has 5 nitrogen and oxygen atoms in total. The summed E-state index contributed by atoms with van der Waals surface area (Å²) in [7, 11) is 0. The molecule has 3 aromatic rings. The molecule has 1 unspecified atom stereocenters. The summed E-state index contributed by atoms with van der Waals surface area (Å²) in [4.78, 5) is 17.1. The van der Waals surface area contributed by atoms with E-state index in [-0.39, 0.29) is 30.2 Å². The van der Waals surface area contributed by atoms with Crippen molar-refractivity contribution in [1.29, 1.82) is 0 Å². The fourth-order valence-electron chi connectivity index (χ4n) is 6.07. The van der Waals surface area contributed by atoms with Crippen LogP contribution in [0.25, 0.3) is 0 Å².